The van der Waals surface area contributed by atoms with Gasteiger partial charge in [0.1, 0.15) is 0 Å². The molecule has 5 radical (unpaired) electrons. The topological polar surface area (TPSA) is 120 Å². The van der Waals surface area contributed by atoms with Crippen molar-refractivity contribution in [2.24, 2.45) is 0 Å². The van der Waals surface area contributed by atoms with Gasteiger partial charge in [-0.25, -0.2) is 0 Å². The summed E-state index contributed by atoms with van der Waals surface area (Å²) in [7, 11) is 0. The van der Waals surface area contributed by atoms with Gasteiger partial charge in [-0.15, -0.1) is 5.73 Å². The van der Waals surface area contributed by atoms with E-state index in [-0.39, 0.29) is 27.3 Å². The molecule has 0 aromatic heterocycles. The Labute approximate surface area is 251 Å². The first-order valence-electron chi connectivity index (χ1n) is 11.0. The molecule has 0 N–H and O–H groups in total. The fourth-order valence-electron chi connectivity index (χ4n) is 3.28. The number of allylic oxidation sites excluding steroid dienone is 3. The maximum absolute atomic E-state index is 12.3. The third kappa shape index (κ3) is 11.9. The van der Waals surface area contributed by atoms with Crippen LogP contribution >= 0.6 is 15.9 Å². The number of carboxylic acid groups (broad SMARTS) is 3. The Morgan fingerprint density at radius 3 is 1.16 bits per heavy atom. The molecule has 0 saturated heterocycles. The maximum Gasteiger partial charge on any atom is 0.0847 e. The van der Waals surface area contributed by atoms with Crippen LogP contribution in [-0.2, 0) is 19.8 Å². The molecule has 38 heavy (non-hydrogen) atoms. The molecule has 8 heteroatoms. The molecule has 1 aliphatic rings. The molecule has 0 bridgehead atoms. The summed E-state index contributed by atoms with van der Waals surface area (Å²) in [4.78, 5) is 30.1. The van der Waals surface area contributed by atoms with Crippen molar-refractivity contribution < 1.29 is 29.7 Å². The number of hydrogen-bond donors (Lipinski definition) is 0. The van der Waals surface area contributed by atoms with E-state index in [1.807, 2.05) is 116 Å². The Kier molecular flexibility index (Phi) is 17.3. The molecule has 0 unspecified atom stereocenters. The summed E-state index contributed by atoms with van der Waals surface area (Å²) < 4.78 is 1.10. The van der Waals surface area contributed by atoms with E-state index < -0.39 is 23.3 Å². The van der Waals surface area contributed by atoms with Crippen LogP contribution in [0.3, 0.4) is 0 Å². The van der Waals surface area contributed by atoms with E-state index in [1.54, 1.807) is 0 Å². The molecule has 1 aliphatic carbocycles. The number of halogens is 1. The van der Waals surface area contributed by atoms with E-state index in [1.165, 1.54) is 0 Å². The minimum Gasteiger partial charge on any atom is -0.550 e. The monoisotopic (exact) mass is 768 g/mol. The third-order valence-electron chi connectivity index (χ3n) is 4.60. The van der Waals surface area contributed by atoms with Gasteiger partial charge in [-0.05, 0) is 48.8 Å². The average molecular weight is 769 g/mol. The van der Waals surface area contributed by atoms with Crippen molar-refractivity contribution in [2.45, 2.75) is 19.3 Å². The molecule has 3 aromatic carbocycles. The number of carbonyl (C=O) groups is 3. The van der Waals surface area contributed by atoms with E-state index in [2.05, 4.69) is 21.7 Å². The molecule has 3 aromatic rings. The number of carboxylic acids is 3. The Bertz CT molecular complexity index is 1120. The van der Waals surface area contributed by atoms with Gasteiger partial charge in [0.2, 0.25) is 0 Å². The normalized spacial score (nSPS) is 10.9. The summed E-state index contributed by atoms with van der Waals surface area (Å²) in [5.41, 5.74) is 3.65. The van der Waals surface area contributed by atoms with Gasteiger partial charge in [0.25, 0.3) is 0 Å². The average Bonchev–Trinajstić information content (AvgIpc) is 2.87. The minimum atomic E-state index is -1.32. The van der Waals surface area contributed by atoms with Crippen molar-refractivity contribution in [3.63, 3.8) is 0 Å². The predicted octanol–water partition coefficient (Wildman–Crippen LogP) is 2.10. The summed E-state index contributed by atoms with van der Waals surface area (Å²) in [6.45, 7) is 1.94. The molecule has 0 heterocycles. The molecule has 0 amide bonds. The number of hydrogen-bond acceptors (Lipinski definition) is 6. The van der Waals surface area contributed by atoms with Crippen molar-refractivity contribution >= 4 is 61.1 Å². The molecule has 195 valence electrons. The van der Waals surface area contributed by atoms with E-state index >= 15 is 0 Å². The molecule has 0 saturated carbocycles. The largest absolute Gasteiger partial charge is 0.550 e. The Morgan fingerprint density at radius 1 is 0.658 bits per heavy atom. The summed E-state index contributed by atoms with van der Waals surface area (Å²) in [5, 5.41) is 30.1. The van der Waals surface area contributed by atoms with Crippen LogP contribution in [0.2, 0.25) is 0 Å². The Hall–Kier alpha value is -3.27. The van der Waals surface area contributed by atoms with Crippen LogP contribution < -0.4 is 15.3 Å². The zero-order chi connectivity index (χ0) is 27.7. The minimum absolute atomic E-state index is 0. The van der Waals surface area contributed by atoms with Crippen LogP contribution in [0.1, 0.15) is 30.5 Å². The number of carbonyl (C=O) groups excluding carboxylic acids is 3. The molecule has 0 fully saturated rings. The second-order valence-corrected chi connectivity index (χ2v) is 8.25. The van der Waals surface area contributed by atoms with Crippen LogP contribution in [0.15, 0.2) is 119 Å². The van der Waals surface area contributed by atoms with Gasteiger partial charge in [-0.1, -0.05) is 107 Å². The first-order valence-corrected chi connectivity index (χ1v) is 11.8. The van der Waals surface area contributed by atoms with E-state index in [0.29, 0.717) is 16.7 Å². The number of rotatable bonds is 4. The van der Waals surface area contributed by atoms with Gasteiger partial charge >= 0.3 is 0 Å². The van der Waals surface area contributed by atoms with Crippen LogP contribution in [0.4, 0.5) is 0 Å². The SMILES string of the molecule is BrC1=CC=C=C[CH]1.CC(=O)[O-].CC(=O)[O-].O=C([O-])C(c1ccccc1)(c1ccccc1)c1ccccc1.[Pb]. The second-order valence-electron chi connectivity index (χ2n) is 7.34. The standard InChI is InChI=1S/C20H16O2.C6H4Br.2C2H4O2.Pb/c21-19(22)20(16-10-4-1-5-11-16,17-12-6-2-7-13-17)18-14-8-3-9-15-18;7-6-4-2-1-3-5-6;2*1-2(3)4;/h1-15H,(H,21,22);2-5H;2*1H3,(H,3,4);/p-3. The maximum atomic E-state index is 12.3. The summed E-state index contributed by atoms with van der Waals surface area (Å²) in [5.74, 6) is -3.30. The zero-order valence-electron chi connectivity index (χ0n) is 20.8. The smallest absolute Gasteiger partial charge is 0.0847 e. The summed E-state index contributed by atoms with van der Waals surface area (Å²) in [6.07, 6.45) is 7.62. The van der Waals surface area contributed by atoms with Gasteiger partial charge in [0.15, 0.2) is 0 Å². The molecule has 0 spiro atoms. The van der Waals surface area contributed by atoms with Crippen molar-refractivity contribution in [3.8, 4) is 0 Å². The molecular weight excluding hydrogens is 743 g/mol. The molecular formula is C30H25BrO6Pb-3. The number of benzene rings is 3. The van der Waals surface area contributed by atoms with E-state index in [0.717, 1.165) is 18.3 Å². The van der Waals surface area contributed by atoms with Gasteiger partial charge in [-0.3, -0.25) is 0 Å². The van der Waals surface area contributed by atoms with Crippen molar-refractivity contribution in [2.75, 3.05) is 0 Å². The van der Waals surface area contributed by atoms with Crippen molar-refractivity contribution in [1.29, 1.82) is 0 Å². The second kappa shape index (κ2) is 18.9. The quantitative estimate of drug-likeness (QED) is 0.228. The first kappa shape index (κ1) is 34.7. The van der Waals surface area contributed by atoms with Crippen LogP contribution in [0.5, 0.6) is 0 Å². The third-order valence-corrected chi connectivity index (χ3v) is 5.13. The number of aliphatic carboxylic acids is 3. The fourth-order valence-corrected chi connectivity index (χ4v) is 3.55. The fraction of sp³-hybridized carbons (Fsp3) is 0.100. The molecule has 0 aliphatic heterocycles. The Balaban J connectivity index is 0.000000704. The molecule has 6 nitrogen and oxygen atoms in total. The van der Waals surface area contributed by atoms with Crippen LogP contribution in [0, 0.1) is 6.42 Å². The van der Waals surface area contributed by atoms with E-state index in [9.17, 15) is 9.90 Å². The first-order chi connectivity index (χ1) is 17.6. The molecule has 4 rings (SSSR count). The van der Waals surface area contributed by atoms with Gasteiger partial charge in [0, 0.05) is 50.1 Å². The molecule has 0 atom stereocenters. The summed E-state index contributed by atoms with van der Waals surface area (Å²) in [6, 6.07) is 27.7. The van der Waals surface area contributed by atoms with Crippen LogP contribution in [0.25, 0.3) is 0 Å². The predicted molar refractivity (Wildman–Crippen MR) is 145 cm³/mol. The van der Waals surface area contributed by atoms with Gasteiger partial charge in [0.05, 0.1) is 11.4 Å². The van der Waals surface area contributed by atoms with Gasteiger partial charge in [-0.2, -0.15) is 0 Å². The Morgan fingerprint density at radius 2 is 0.974 bits per heavy atom. The van der Waals surface area contributed by atoms with E-state index in [4.69, 9.17) is 19.8 Å². The zero-order valence-corrected chi connectivity index (χ0v) is 26.3. The van der Waals surface area contributed by atoms with Crippen LogP contribution in [-0.4, -0.2) is 45.2 Å². The van der Waals surface area contributed by atoms with Gasteiger partial charge < -0.3 is 29.7 Å². The van der Waals surface area contributed by atoms with Crippen molar-refractivity contribution in [3.05, 3.63) is 143 Å². The van der Waals surface area contributed by atoms with Crippen molar-refractivity contribution in [1.82, 2.24) is 0 Å². The summed E-state index contributed by atoms with van der Waals surface area (Å²) >= 11 is 3.29.